The van der Waals surface area contributed by atoms with E-state index in [4.69, 9.17) is 14.6 Å². The van der Waals surface area contributed by atoms with E-state index < -0.39 is 29.7 Å². The summed E-state index contributed by atoms with van der Waals surface area (Å²) in [6.07, 6.45) is -2.88. The second-order valence-electron chi connectivity index (χ2n) is 4.56. The van der Waals surface area contributed by atoms with Crippen LogP contribution in [0, 0.1) is 0 Å². The molecule has 0 radical (unpaired) electrons. The van der Waals surface area contributed by atoms with Gasteiger partial charge in [0.25, 0.3) is 5.91 Å². The van der Waals surface area contributed by atoms with E-state index in [1.54, 1.807) is 20.8 Å². The fourth-order valence-electron chi connectivity index (χ4n) is 1.30. The summed E-state index contributed by atoms with van der Waals surface area (Å²) in [5.41, 5.74) is -0.758. The number of carbonyl (C=O) groups excluding carboxylic acids is 2. The molecule has 1 aliphatic rings. The minimum absolute atomic E-state index is 0.0120. The Bertz CT molecular complexity index is 345. The van der Waals surface area contributed by atoms with E-state index in [9.17, 15) is 14.4 Å². The van der Waals surface area contributed by atoms with Crippen LogP contribution in [0.3, 0.4) is 0 Å². The van der Waals surface area contributed by atoms with Gasteiger partial charge in [0.05, 0.1) is 13.2 Å². The maximum absolute atomic E-state index is 11.6. The molecular weight excluding hydrogens is 230 g/mol. The number of carbonyl (C=O) groups is 3. The molecule has 1 fully saturated rings. The van der Waals surface area contributed by atoms with E-state index >= 15 is 0 Å². The monoisotopic (exact) mass is 245 g/mol. The second kappa shape index (κ2) is 4.70. The molecule has 0 bridgehead atoms. The molecule has 1 aliphatic heterocycles. The largest absolute Gasteiger partial charge is 0.465 e. The number of hydrogen-bond acceptors (Lipinski definition) is 5. The lowest BCUT2D eigenvalue weighted by Gasteiger charge is -2.29. The smallest absolute Gasteiger partial charge is 0.414 e. The number of esters is 1. The third-order valence-corrected chi connectivity index (χ3v) is 1.94. The molecule has 7 nitrogen and oxygen atoms in total. The first-order valence-electron chi connectivity index (χ1n) is 5.11. The number of ether oxygens (including phenoxy) is 2. The van der Waals surface area contributed by atoms with Crippen molar-refractivity contribution in [1.82, 2.24) is 4.90 Å². The molecule has 17 heavy (non-hydrogen) atoms. The van der Waals surface area contributed by atoms with Gasteiger partial charge in [-0.3, -0.25) is 4.79 Å². The molecule has 0 aliphatic carbocycles. The van der Waals surface area contributed by atoms with Gasteiger partial charge >= 0.3 is 12.1 Å². The fraction of sp³-hybridized carbons (Fsp3) is 0.700. The summed E-state index contributed by atoms with van der Waals surface area (Å²) in [7, 11) is 0. The highest BCUT2D eigenvalue weighted by molar-refractivity contribution is 6.06. The Morgan fingerprint density at radius 3 is 2.53 bits per heavy atom. The second-order valence-corrected chi connectivity index (χ2v) is 4.56. The highest BCUT2D eigenvalue weighted by Crippen LogP contribution is 2.14. The number of carboxylic acid groups (broad SMARTS) is 1. The molecule has 0 saturated carbocycles. The topological polar surface area (TPSA) is 93.1 Å². The first-order chi connectivity index (χ1) is 7.72. The zero-order valence-corrected chi connectivity index (χ0v) is 9.93. The molecule has 0 aromatic carbocycles. The highest BCUT2D eigenvalue weighted by Gasteiger charge is 2.40. The van der Waals surface area contributed by atoms with Crippen LogP contribution in [0.5, 0.6) is 0 Å². The molecule has 7 heteroatoms. The minimum Gasteiger partial charge on any atom is -0.465 e. The maximum Gasteiger partial charge on any atom is 0.414 e. The van der Waals surface area contributed by atoms with Crippen LogP contribution in [-0.4, -0.2) is 52.8 Å². The molecule has 1 N–H and O–H groups in total. The average molecular weight is 245 g/mol. The Balaban J connectivity index is 2.74. The number of nitrogens with zero attached hydrogens (tertiary/aromatic N) is 1. The highest BCUT2D eigenvalue weighted by atomic mass is 16.6. The maximum atomic E-state index is 11.6. The van der Waals surface area contributed by atoms with Crippen LogP contribution in [0.25, 0.3) is 0 Å². The van der Waals surface area contributed by atoms with Crippen LogP contribution in [-0.2, 0) is 19.1 Å². The van der Waals surface area contributed by atoms with Gasteiger partial charge in [0, 0.05) is 0 Å². The molecule has 1 unspecified atom stereocenters. The standard InChI is InChI=1S/C10H15NO6/c1-10(2,3)17-8(13)6-7(12)11(9(14)15)4-5-16-6/h6H,4-5H2,1-3H3,(H,14,15). The Morgan fingerprint density at radius 1 is 1.47 bits per heavy atom. The van der Waals surface area contributed by atoms with E-state index in [-0.39, 0.29) is 13.2 Å². The van der Waals surface area contributed by atoms with Crippen molar-refractivity contribution >= 4 is 18.0 Å². The summed E-state index contributed by atoms with van der Waals surface area (Å²) in [5.74, 6) is -1.77. The summed E-state index contributed by atoms with van der Waals surface area (Å²) in [6, 6.07) is 0. The van der Waals surface area contributed by atoms with Crippen molar-refractivity contribution in [2.45, 2.75) is 32.5 Å². The van der Waals surface area contributed by atoms with Crippen molar-refractivity contribution in [3.63, 3.8) is 0 Å². The Kier molecular flexibility index (Phi) is 3.72. The third kappa shape index (κ3) is 3.42. The van der Waals surface area contributed by atoms with Gasteiger partial charge in [-0.05, 0) is 20.8 Å². The Hall–Kier alpha value is -1.63. The molecule has 1 heterocycles. The van der Waals surface area contributed by atoms with E-state index in [0.717, 1.165) is 0 Å². The Labute approximate surface area is 98.3 Å². The van der Waals surface area contributed by atoms with Crippen LogP contribution in [0.4, 0.5) is 4.79 Å². The van der Waals surface area contributed by atoms with Gasteiger partial charge in [0.2, 0.25) is 6.10 Å². The molecule has 0 spiro atoms. The minimum atomic E-state index is -1.49. The summed E-state index contributed by atoms with van der Waals surface area (Å²) in [5, 5.41) is 8.74. The van der Waals surface area contributed by atoms with Gasteiger partial charge in [0.1, 0.15) is 5.60 Å². The van der Waals surface area contributed by atoms with Crippen molar-refractivity contribution in [1.29, 1.82) is 0 Å². The van der Waals surface area contributed by atoms with Crippen LogP contribution in [0.15, 0.2) is 0 Å². The molecule has 1 atom stereocenters. The first-order valence-corrected chi connectivity index (χ1v) is 5.11. The number of hydrogen-bond donors (Lipinski definition) is 1. The van der Waals surface area contributed by atoms with E-state index in [1.807, 2.05) is 0 Å². The molecule has 1 rings (SSSR count). The summed E-state index contributed by atoms with van der Waals surface area (Å²) >= 11 is 0. The molecular formula is C10H15NO6. The summed E-state index contributed by atoms with van der Waals surface area (Å²) in [6.45, 7) is 4.85. The lowest BCUT2D eigenvalue weighted by molar-refractivity contribution is -0.178. The van der Waals surface area contributed by atoms with E-state index in [0.29, 0.717) is 4.90 Å². The molecule has 96 valence electrons. The van der Waals surface area contributed by atoms with Gasteiger partial charge in [-0.1, -0.05) is 0 Å². The summed E-state index contributed by atoms with van der Waals surface area (Å²) in [4.78, 5) is 34.5. The van der Waals surface area contributed by atoms with Gasteiger partial charge in [0.15, 0.2) is 0 Å². The zero-order chi connectivity index (χ0) is 13.2. The molecule has 1 saturated heterocycles. The van der Waals surface area contributed by atoms with Crippen molar-refractivity contribution < 1.29 is 29.0 Å². The molecule has 0 aromatic heterocycles. The normalized spacial score (nSPS) is 21.2. The quantitative estimate of drug-likeness (QED) is 0.525. The van der Waals surface area contributed by atoms with Gasteiger partial charge in [-0.25, -0.2) is 14.5 Å². The predicted octanol–water partition coefficient (Wildman–Crippen LogP) is 0.233. The molecule has 0 aromatic rings. The number of morpholine rings is 1. The van der Waals surface area contributed by atoms with Gasteiger partial charge in [-0.2, -0.15) is 0 Å². The third-order valence-electron chi connectivity index (χ3n) is 1.94. The van der Waals surface area contributed by atoms with Crippen molar-refractivity contribution in [2.75, 3.05) is 13.2 Å². The van der Waals surface area contributed by atoms with Crippen LogP contribution in [0.2, 0.25) is 0 Å². The van der Waals surface area contributed by atoms with Gasteiger partial charge < -0.3 is 14.6 Å². The number of imide groups is 1. The summed E-state index contributed by atoms with van der Waals surface area (Å²) < 4.78 is 9.92. The predicted molar refractivity (Wildman–Crippen MR) is 55.3 cm³/mol. The van der Waals surface area contributed by atoms with Crippen molar-refractivity contribution in [3.05, 3.63) is 0 Å². The lowest BCUT2D eigenvalue weighted by atomic mass is 10.2. The van der Waals surface area contributed by atoms with Crippen LogP contribution < -0.4 is 0 Å². The van der Waals surface area contributed by atoms with Crippen molar-refractivity contribution in [3.8, 4) is 0 Å². The lowest BCUT2D eigenvalue weighted by Crippen LogP contribution is -2.54. The van der Waals surface area contributed by atoms with Crippen molar-refractivity contribution in [2.24, 2.45) is 0 Å². The first kappa shape index (κ1) is 13.4. The van der Waals surface area contributed by atoms with Crippen LogP contribution >= 0.6 is 0 Å². The zero-order valence-electron chi connectivity index (χ0n) is 9.93. The fourth-order valence-corrected chi connectivity index (χ4v) is 1.30. The molecule has 2 amide bonds. The Morgan fingerprint density at radius 2 is 2.06 bits per heavy atom. The van der Waals surface area contributed by atoms with E-state index in [1.165, 1.54) is 0 Å². The number of rotatable bonds is 1. The van der Waals surface area contributed by atoms with E-state index in [2.05, 4.69) is 0 Å². The SMILES string of the molecule is CC(C)(C)OC(=O)C1OCCN(C(=O)O)C1=O. The van der Waals surface area contributed by atoms with Gasteiger partial charge in [-0.15, -0.1) is 0 Å². The number of amides is 2. The average Bonchev–Trinajstić information content (AvgIpc) is 2.14. The van der Waals surface area contributed by atoms with Crippen LogP contribution in [0.1, 0.15) is 20.8 Å².